The molecule has 0 N–H and O–H groups in total. The third-order valence-corrected chi connectivity index (χ3v) is 4.52. The summed E-state index contributed by atoms with van der Waals surface area (Å²) in [5.41, 5.74) is 0.878. The lowest BCUT2D eigenvalue weighted by atomic mass is 9.93. The van der Waals surface area contributed by atoms with Gasteiger partial charge in [-0.25, -0.2) is 0 Å². The number of ether oxygens (including phenoxy) is 1. The molecule has 1 fully saturated rings. The van der Waals surface area contributed by atoms with E-state index in [0.717, 1.165) is 31.6 Å². The van der Waals surface area contributed by atoms with Gasteiger partial charge in [0.2, 0.25) is 5.91 Å². The predicted octanol–water partition coefficient (Wildman–Crippen LogP) is 1.96. The number of methoxy groups -OCH3 is 1. The van der Waals surface area contributed by atoms with Gasteiger partial charge in [-0.2, -0.15) is 0 Å². The maximum absolute atomic E-state index is 12.6. The van der Waals surface area contributed by atoms with Gasteiger partial charge in [-0.3, -0.25) is 9.78 Å². The Labute approximate surface area is 133 Å². The van der Waals surface area contributed by atoms with Gasteiger partial charge >= 0.3 is 0 Å². The first-order valence-electron chi connectivity index (χ1n) is 7.96. The molecule has 0 bridgehead atoms. The van der Waals surface area contributed by atoms with E-state index in [1.807, 2.05) is 25.2 Å². The fourth-order valence-corrected chi connectivity index (χ4v) is 2.96. The van der Waals surface area contributed by atoms with Crippen molar-refractivity contribution in [3.05, 3.63) is 30.1 Å². The van der Waals surface area contributed by atoms with E-state index in [9.17, 15) is 4.79 Å². The summed E-state index contributed by atoms with van der Waals surface area (Å²) in [5.74, 6) is 0.681. The van der Waals surface area contributed by atoms with Crippen molar-refractivity contribution < 1.29 is 9.53 Å². The zero-order chi connectivity index (χ0) is 15.9. The number of carbonyl (C=O) groups is 1. The first kappa shape index (κ1) is 16.9. The number of hydrogen-bond acceptors (Lipinski definition) is 4. The summed E-state index contributed by atoms with van der Waals surface area (Å²) in [4.78, 5) is 21.1. The number of carbonyl (C=O) groups excluding carboxylic acids is 1. The third-order valence-electron chi connectivity index (χ3n) is 4.52. The molecule has 1 aromatic heterocycles. The lowest BCUT2D eigenvalue weighted by Crippen LogP contribution is -2.37. The van der Waals surface area contributed by atoms with Crippen molar-refractivity contribution in [2.75, 3.05) is 40.9 Å². The van der Waals surface area contributed by atoms with Crippen LogP contribution in [0.25, 0.3) is 0 Å². The molecule has 1 aromatic rings. The Balaban J connectivity index is 1.97. The van der Waals surface area contributed by atoms with Crippen molar-refractivity contribution in [3.63, 3.8) is 0 Å². The highest BCUT2D eigenvalue weighted by Crippen LogP contribution is 2.24. The molecule has 1 amide bonds. The van der Waals surface area contributed by atoms with Crippen LogP contribution in [0.1, 0.15) is 31.0 Å². The molecular weight excluding hydrogens is 278 g/mol. The Hall–Kier alpha value is -1.46. The van der Waals surface area contributed by atoms with Crippen molar-refractivity contribution in [3.8, 4) is 0 Å². The van der Waals surface area contributed by atoms with Gasteiger partial charge in [0.1, 0.15) is 0 Å². The van der Waals surface area contributed by atoms with E-state index in [1.165, 1.54) is 0 Å². The van der Waals surface area contributed by atoms with Crippen LogP contribution in [0.5, 0.6) is 0 Å². The van der Waals surface area contributed by atoms with E-state index >= 15 is 0 Å². The first-order valence-corrected chi connectivity index (χ1v) is 7.96. The fraction of sp³-hybridized carbons (Fsp3) is 0.647. The molecule has 5 heteroatoms. The molecule has 5 nitrogen and oxygen atoms in total. The van der Waals surface area contributed by atoms with Gasteiger partial charge in [0.15, 0.2) is 0 Å². The zero-order valence-corrected chi connectivity index (χ0v) is 13.9. The maximum Gasteiger partial charge on any atom is 0.223 e. The molecule has 0 radical (unpaired) electrons. The van der Waals surface area contributed by atoms with Crippen LogP contribution in [0.4, 0.5) is 0 Å². The van der Waals surface area contributed by atoms with E-state index in [1.54, 1.807) is 18.2 Å². The van der Waals surface area contributed by atoms with Crippen LogP contribution in [0.15, 0.2) is 24.4 Å². The monoisotopic (exact) mass is 305 g/mol. The third kappa shape index (κ3) is 4.52. The molecule has 22 heavy (non-hydrogen) atoms. The highest BCUT2D eigenvalue weighted by Gasteiger charge is 2.26. The van der Waals surface area contributed by atoms with Gasteiger partial charge in [-0.15, -0.1) is 0 Å². The lowest BCUT2D eigenvalue weighted by molar-refractivity contribution is -0.134. The van der Waals surface area contributed by atoms with E-state index in [0.29, 0.717) is 18.9 Å². The quantitative estimate of drug-likeness (QED) is 0.806. The molecule has 1 atom stereocenters. The Kier molecular flexibility index (Phi) is 6.34. The van der Waals surface area contributed by atoms with Crippen molar-refractivity contribution in [2.45, 2.75) is 25.3 Å². The number of rotatable bonds is 6. The summed E-state index contributed by atoms with van der Waals surface area (Å²) in [6.07, 6.45) is 4.59. The van der Waals surface area contributed by atoms with Gasteiger partial charge in [0, 0.05) is 26.8 Å². The van der Waals surface area contributed by atoms with Crippen molar-refractivity contribution >= 4 is 5.91 Å². The molecule has 0 aliphatic carbocycles. The average molecular weight is 305 g/mol. The minimum Gasteiger partial charge on any atom is -0.382 e. The van der Waals surface area contributed by atoms with E-state index in [-0.39, 0.29) is 11.9 Å². The van der Waals surface area contributed by atoms with Crippen LogP contribution in [0, 0.1) is 5.92 Å². The Morgan fingerprint density at radius 1 is 1.45 bits per heavy atom. The molecule has 1 saturated heterocycles. The SMILES string of the molecule is COC[C@@H](c1ccccn1)N(C)C(=O)CC1CCN(C)CC1. The van der Waals surface area contributed by atoms with Crippen LogP contribution < -0.4 is 0 Å². The Morgan fingerprint density at radius 3 is 2.77 bits per heavy atom. The largest absolute Gasteiger partial charge is 0.382 e. The van der Waals surface area contributed by atoms with E-state index in [2.05, 4.69) is 16.9 Å². The predicted molar refractivity (Wildman–Crippen MR) is 86.5 cm³/mol. The molecule has 1 aliphatic rings. The maximum atomic E-state index is 12.6. The second-order valence-electron chi connectivity index (χ2n) is 6.18. The number of likely N-dealkylation sites (tertiary alicyclic amines) is 1. The number of likely N-dealkylation sites (N-methyl/N-ethyl adjacent to an activating group) is 1. The van der Waals surface area contributed by atoms with Crippen molar-refractivity contribution in [1.82, 2.24) is 14.8 Å². The highest BCUT2D eigenvalue weighted by molar-refractivity contribution is 5.76. The number of amides is 1. The summed E-state index contributed by atoms with van der Waals surface area (Å²) in [5, 5.41) is 0. The van der Waals surface area contributed by atoms with E-state index < -0.39 is 0 Å². The number of hydrogen-bond donors (Lipinski definition) is 0. The summed E-state index contributed by atoms with van der Waals surface area (Å²) >= 11 is 0. The number of piperidine rings is 1. The van der Waals surface area contributed by atoms with Gasteiger partial charge in [0.25, 0.3) is 0 Å². The molecule has 1 aliphatic heterocycles. The molecule has 0 saturated carbocycles. The van der Waals surface area contributed by atoms with Crippen molar-refractivity contribution in [2.24, 2.45) is 5.92 Å². The van der Waals surface area contributed by atoms with Gasteiger partial charge in [-0.05, 0) is 51.0 Å². The van der Waals surface area contributed by atoms with Crippen LogP contribution in [-0.4, -0.2) is 61.6 Å². The standard InChI is InChI=1S/C17H27N3O2/c1-19-10-7-14(8-11-19)12-17(21)20(2)16(13-22-3)15-6-4-5-9-18-15/h4-6,9,14,16H,7-8,10-13H2,1-3H3/t16-/m0/s1. The van der Waals surface area contributed by atoms with E-state index in [4.69, 9.17) is 4.74 Å². The summed E-state index contributed by atoms with van der Waals surface area (Å²) in [6, 6.07) is 5.65. The van der Waals surface area contributed by atoms with Crippen LogP contribution in [0.2, 0.25) is 0 Å². The highest BCUT2D eigenvalue weighted by atomic mass is 16.5. The summed E-state index contributed by atoms with van der Waals surface area (Å²) in [6.45, 7) is 2.64. The number of nitrogens with zero attached hydrogens (tertiary/aromatic N) is 3. The lowest BCUT2D eigenvalue weighted by Gasteiger charge is -2.32. The van der Waals surface area contributed by atoms with Gasteiger partial charge in [0.05, 0.1) is 18.3 Å². The summed E-state index contributed by atoms with van der Waals surface area (Å²) in [7, 11) is 5.65. The minimum atomic E-state index is -0.120. The number of pyridine rings is 1. The molecule has 0 spiro atoms. The Bertz CT molecular complexity index is 458. The van der Waals surface area contributed by atoms with Crippen LogP contribution >= 0.6 is 0 Å². The zero-order valence-electron chi connectivity index (χ0n) is 13.9. The molecule has 122 valence electrons. The minimum absolute atomic E-state index is 0.120. The number of aromatic nitrogens is 1. The van der Waals surface area contributed by atoms with Gasteiger partial charge in [-0.1, -0.05) is 6.07 Å². The molecule has 0 unspecified atom stereocenters. The second-order valence-corrected chi connectivity index (χ2v) is 6.18. The molecule has 2 heterocycles. The molecule has 0 aromatic carbocycles. The second kappa shape index (κ2) is 8.25. The Morgan fingerprint density at radius 2 is 2.18 bits per heavy atom. The molecule has 2 rings (SSSR count). The van der Waals surface area contributed by atoms with Gasteiger partial charge < -0.3 is 14.5 Å². The first-order chi connectivity index (χ1) is 10.6. The van der Waals surface area contributed by atoms with Crippen molar-refractivity contribution in [1.29, 1.82) is 0 Å². The summed E-state index contributed by atoms with van der Waals surface area (Å²) < 4.78 is 5.29. The fourth-order valence-electron chi connectivity index (χ4n) is 2.96. The average Bonchev–Trinajstić information content (AvgIpc) is 2.55. The normalized spacial score (nSPS) is 18.1. The topological polar surface area (TPSA) is 45.7 Å². The van der Waals surface area contributed by atoms with Crippen LogP contribution in [-0.2, 0) is 9.53 Å². The smallest absolute Gasteiger partial charge is 0.223 e. The van der Waals surface area contributed by atoms with Crippen LogP contribution in [0.3, 0.4) is 0 Å². The molecular formula is C17H27N3O2.